The topological polar surface area (TPSA) is 64.6 Å². The Labute approximate surface area is 145 Å². The highest BCUT2D eigenvalue weighted by atomic mass is 35.5. The van der Waals surface area contributed by atoms with Crippen LogP contribution in [0.25, 0.3) is 0 Å². The maximum absolute atomic E-state index is 13.7. The van der Waals surface area contributed by atoms with Crippen molar-refractivity contribution in [2.75, 3.05) is 20.8 Å². The Bertz CT molecular complexity index is 813. The average molecular weight is 374 g/mol. The van der Waals surface area contributed by atoms with Gasteiger partial charge < -0.3 is 9.47 Å². The van der Waals surface area contributed by atoms with Gasteiger partial charge in [0.1, 0.15) is 0 Å². The number of sulfonamides is 1. The Morgan fingerprint density at radius 3 is 2.50 bits per heavy atom. The van der Waals surface area contributed by atoms with Gasteiger partial charge in [-0.15, -0.1) is 0 Å². The highest BCUT2D eigenvalue weighted by molar-refractivity contribution is 7.89. The maximum atomic E-state index is 13.7. The summed E-state index contributed by atoms with van der Waals surface area (Å²) in [5.41, 5.74) is 0.658. The Balaban J connectivity index is 2.17. The van der Waals surface area contributed by atoms with E-state index in [-0.39, 0.29) is 17.2 Å². The molecule has 0 aliphatic heterocycles. The predicted molar refractivity (Wildman–Crippen MR) is 89.3 cm³/mol. The summed E-state index contributed by atoms with van der Waals surface area (Å²) in [6, 6.07) is 10.4. The molecule has 2 rings (SSSR count). The first kappa shape index (κ1) is 18.7. The molecule has 0 radical (unpaired) electrons. The van der Waals surface area contributed by atoms with Crippen LogP contribution in [0.3, 0.4) is 0 Å². The fourth-order valence-corrected chi connectivity index (χ4v) is 3.44. The van der Waals surface area contributed by atoms with E-state index in [1.807, 2.05) is 0 Å². The van der Waals surface area contributed by atoms with E-state index in [1.165, 1.54) is 26.4 Å². The van der Waals surface area contributed by atoms with Gasteiger partial charge in [-0.2, -0.15) is 0 Å². The summed E-state index contributed by atoms with van der Waals surface area (Å²) >= 11 is 6.10. The minimum Gasteiger partial charge on any atom is -0.494 e. The van der Waals surface area contributed by atoms with Gasteiger partial charge in [-0.25, -0.2) is 17.5 Å². The van der Waals surface area contributed by atoms with Crippen molar-refractivity contribution in [2.45, 2.75) is 11.0 Å². The van der Waals surface area contributed by atoms with Gasteiger partial charge in [-0.3, -0.25) is 0 Å². The van der Waals surface area contributed by atoms with Crippen LogP contribution in [0.5, 0.6) is 5.75 Å². The van der Waals surface area contributed by atoms with Crippen LogP contribution in [0, 0.1) is 5.82 Å². The van der Waals surface area contributed by atoms with Crippen molar-refractivity contribution in [1.29, 1.82) is 0 Å². The lowest BCUT2D eigenvalue weighted by Crippen LogP contribution is -2.29. The number of benzene rings is 2. The molecule has 24 heavy (non-hydrogen) atoms. The highest BCUT2D eigenvalue weighted by Gasteiger charge is 2.20. The van der Waals surface area contributed by atoms with E-state index in [2.05, 4.69) is 4.72 Å². The van der Waals surface area contributed by atoms with Gasteiger partial charge in [0.25, 0.3) is 0 Å². The third-order valence-electron chi connectivity index (χ3n) is 3.43. The molecule has 0 heterocycles. The SMILES string of the molecule is COc1ccc(S(=O)(=O)NCC(OC)c2ccccc2Cl)cc1F. The Morgan fingerprint density at radius 1 is 1.21 bits per heavy atom. The molecule has 130 valence electrons. The minimum absolute atomic E-state index is 0.0280. The molecule has 2 aromatic rings. The second-order valence-corrected chi connectivity index (χ2v) is 7.07. The number of hydrogen-bond acceptors (Lipinski definition) is 4. The van der Waals surface area contributed by atoms with Crippen LogP contribution >= 0.6 is 11.6 Å². The van der Waals surface area contributed by atoms with E-state index in [0.29, 0.717) is 10.6 Å². The molecule has 0 fully saturated rings. The smallest absolute Gasteiger partial charge is 0.240 e. The molecule has 0 aliphatic rings. The van der Waals surface area contributed by atoms with E-state index < -0.39 is 21.9 Å². The van der Waals surface area contributed by atoms with E-state index in [9.17, 15) is 12.8 Å². The lowest BCUT2D eigenvalue weighted by Gasteiger charge is -2.18. The van der Waals surface area contributed by atoms with Crippen molar-refractivity contribution in [1.82, 2.24) is 4.72 Å². The molecule has 5 nitrogen and oxygen atoms in total. The lowest BCUT2D eigenvalue weighted by molar-refractivity contribution is 0.107. The van der Waals surface area contributed by atoms with Gasteiger partial charge in [-0.05, 0) is 24.3 Å². The standard InChI is InChI=1S/C16H17ClFNO4S/c1-22-15-8-7-11(9-14(15)18)24(20,21)19-10-16(23-2)12-5-3-4-6-13(12)17/h3-9,16,19H,10H2,1-2H3. The first-order chi connectivity index (χ1) is 11.4. The molecule has 0 bridgehead atoms. The zero-order valence-electron chi connectivity index (χ0n) is 13.1. The summed E-state index contributed by atoms with van der Waals surface area (Å²) < 4.78 is 50.8. The van der Waals surface area contributed by atoms with E-state index in [0.717, 1.165) is 6.07 Å². The fraction of sp³-hybridized carbons (Fsp3) is 0.250. The molecule has 1 atom stereocenters. The molecule has 0 spiro atoms. The first-order valence-electron chi connectivity index (χ1n) is 6.99. The number of ether oxygens (including phenoxy) is 2. The molecular formula is C16H17ClFNO4S. The first-order valence-corrected chi connectivity index (χ1v) is 8.85. The summed E-state index contributed by atoms with van der Waals surface area (Å²) in [6.07, 6.45) is -0.573. The van der Waals surface area contributed by atoms with Gasteiger partial charge in [0.2, 0.25) is 10.0 Å². The number of hydrogen-bond donors (Lipinski definition) is 1. The van der Waals surface area contributed by atoms with Crippen LogP contribution in [0.2, 0.25) is 5.02 Å². The molecule has 1 unspecified atom stereocenters. The van der Waals surface area contributed by atoms with Gasteiger partial charge in [0.05, 0.1) is 18.1 Å². The van der Waals surface area contributed by atoms with Gasteiger partial charge in [0, 0.05) is 24.2 Å². The quantitative estimate of drug-likeness (QED) is 0.809. The predicted octanol–water partition coefficient (Wildman–Crippen LogP) is 3.15. The third kappa shape index (κ3) is 4.24. The number of rotatable bonds is 7. The monoisotopic (exact) mass is 373 g/mol. The molecule has 0 amide bonds. The summed E-state index contributed by atoms with van der Waals surface area (Å²) in [5.74, 6) is -0.783. The largest absolute Gasteiger partial charge is 0.494 e. The number of nitrogens with one attached hydrogen (secondary N) is 1. The molecule has 0 aliphatic carbocycles. The van der Waals surface area contributed by atoms with Crippen molar-refractivity contribution >= 4 is 21.6 Å². The normalized spacial score (nSPS) is 12.8. The molecule has 1 N–H and O–H groups in total. The summed E-state index contributed by atoms with van der Waals surface area (Å²) in [4.78, 5) is -0.199. The van der Waals surface area contributed by atoms with Gasteiger partial charge in [0.15, 0.2) is 11.6 Å². The molecule has 0 saturated carbocycles. The maximum Gasteiger partial charge on any atom is 0.240 e. The van der Waals surface area contributed by atoms with Crippen molar-refractivity contribution < 1.29 is 22.3 Å². The molecular weight excluding hydrogens is 357 g/mol. The zero-order chi connectivity index (χ0) is 17.7. The van der Waals surface area contributed by atoms with Crippen molar-refractivity contribution in [3.8, 4) is 5.75 Å². The summed E-state index contributed by atoms with van der Waals surface area (Å²) in [7, 11) is -1.15. The van der Waals surface area contributed by atoms with Crippen LogP contribution in [0.4, 0.5) is 4.39 Å². The molecule has 0 saturated heterocycles. The van der Waals surface area contributed by atoms with Crippen LogP contribution < -0.4 is 9.46 Å². The van der Waals surface area contributed by atoms with Gasteiger partial charge >= 0.3 is 0 Å². The molecule has 0 aromatic heterocycles. The lowest BCUT2D eigenvalue weighted by atomic mass is 10.1. The number of halogens is 2. The second kappa shape index (κ2) is 7.94. The Morgan fingerprint density at radius 2 is 1.92 bits per heavy atom. The minimum atomic E-state index is -3.90. The van der Waals surface area contributed by atoms with E-state index in [4.69, 9.17) is 21.1 Å². The summed E-state index contributed by atoms with van der Waals surface area (Å²) in [6.45, 7) is -0.0454. The van der Waals surface area contributed by atoms with Crippen LogP contribution in [-0.2, 0) is 14.8 Å². The van der Waals surface area contributed by atoms with Crippen molar-refractivity contribution in [3.05, 3.63) is 58.9 Å². The Hall–Kier alpha value is -1.67. The second-order valence-electron chi connectivity index (χ2n) is 4.89. The summed E-state index contributed by atoms with van der Waals surface area (Å²) in [5, 5.41) is 0.471. The third-order valence-corrected chi connectivity index (χ3v) is 5.19. The van der Waals surface area contributed by atoms with Crippen LogP contribution in [-0.4, -0.2) is 29.2 Å². The van der Waals surface area contributed by atoms with E-state index >= 15 is 0 Å². The highest BCUT2D eigenvalue weighted by Crippen LogP contribution is 2.25. The Kier molecular flexibility index (Phi) is 6.17. The van der Waals surface area contributed by atoms with Gasteiger partial charge in [-0.1, -0.05) is 29.8 Å². The number of methoxy groups -OCH3 is 2. The van der Waals surface area contributed by atoms with Crippen LogP contribution in [0.15, 0.2) is 47.4 Å². The molecule has 2 aromatic carbocycles. The fourth-order valence-electron chi connectivity index (χ4n) is 2.14. The van der Waals surface area contributed by atoms with Crippen molar-refractivity contribution in [2.24, 2.45) is 0 Å². The zero-order valence-corrected chi connectivity index (χ0v) is 14.7. The van der Waals surface area contributed by atoms with Crippen molar-refractivity contribution in [3.63, 3.8) is 0 Å². The average Bonchev–Trinajstić information content (AvgIpc) is 2.56. The van der Waals surface area contributed by atoms with Crippen LogP contribution in [0.1, 0.15) is 11.7 Å². The molecule has 8 heteroatoms. The van der Waals surface area contributed by atoms with E-state index in [1.54, 1.807) is 24.3 Å².